The van der Waals surface area contributed by atoms with Gasteiger partial charge in [-0.3, -0.25) is 33.3 Å². The van der Waals surface area contributed by atoms with Crippen molar-refractivity contribution in [2.75, 3.05) is 31.3 Å². The molecule has 2 amide bonds. The number of nitro groups is 1. The summed E-state index contributed by atoms with van der Waals surface area (Å²) in [7, 11) is -3.90. The summed E-state index contributed by atoms with van der Waals surface area (Å²) in [6, 6.07) is 12.5. The normalized spacial score (nSPS) is 15.2. The number of aromatic nitrogens is 1. The minimum Gasteiger partial charge on any atom is -0.491 e. The maximum atomic E-state index is 13.9. The van der Waals surface area contributed by atoms with Crippen molar-refractivity contribution in [3.05, 3.63) is 75.5 Å². The molecular weight excluding hydrogens is 643 g/mol. The van der Waals surface area contributed by atoms with Gasteiger partial charge in [0.1, 0.15) is 18.1 Å². The van der Waals surface area contributed by atoms with Gasteiger partial charge in [-0.15, -0.1) is 0 Å². The van der Waals surface area contributed by atoms with Gasteiger partial charge in [0.15, 0.2) is 0 Å². The molecule has 14 nitrogen and oxygen atoms in total. The largest absolute Gasteiger partial charge is 0.491 e. The number of non-ortho nitro benzene ring substituents is 1. The Hall–Kier alpha value is -4.33. The number of anilines is 1. The number of phosphoric ester groups is 1. The fourth-order valence-electron chi connectivity index (χ4n) is 5.63. The quantitative estimate of drug-likeness (QED) is 0.0709. The summed E-state index contributed by atoms with van der Waals surface area (Å²) < 4.78 is 35.9. The second kappa shape index (κ2) is 12.9. The number of fused-ring (bicyclic) bond motifs is 4. The first-order valence-corrected chi connectivity index (χ1v) is 16.7. The Morgan fingerprint density at radius 3 is 2.31 bits per heavy atom. The summed E-state index contributed by atoms with van der Waals surface area (Å²) >= 11 is 0. The van der Waals surface area contributed by atoms with Crippen molar-refractivity contribution in [3.63, 3.8) is 0 Å². The van der Waals surface area contributed by atoms with E-state index in [9.17, 15) is 29.4 Å². The van der Waals surface area contributed by atoms with Gasteiger partial charge < -0.3 is 25.5 Å². The summed E-state index contributed by atoms with van der Waals surface area (Å²) in [5.41, 5.74) is 5.42. The summed E-state index contributed by atoms with van der Waals surface area (Å²) in [6.07, 6.45) is 0. The van der Waals surface area contributed by atoms with E-state index in [2.05, 4.69) is 4.98 Å². The Bertz CT molecular complexity index is 1940. The molecule has 2 heterocycles. The van der Waals surface area contributed by atoms with Gasteiger partial charge >= 0.3 is 7.82 Å². The van der Waals surface area contributed by atoms with E-state index in [4.69, 9.17) is 24.0 Å². The summed E-state index contributed by atoms with van der Waals surface area (Å²) in [4.78, 5) is 41.7. The molecule has 15 heteroatoms. The Balaban J connectivity index is 1.36. The molecule has 0 saturated carbocycles. The number of nitro benzene ring substituents is 1. The number of benzene rings is 3. The highest BCUT2D eigenvalue weighted by molar-refractivity contribution is 7.48. The van der Waals surface area contributed by atoms with E-state index in [-0.39, 0.29) is 48.7 Å². The number of hydrogen-bond acceptors (Lipinski definition) is 10. The van der Waals surface area contributed by atoms with Crippen LogP contribution in [-0.4, -0.2) is 64.4 Å². The molecule has 3 aromatic carbocycles. The highest BCUT2D eigenvalue weighted by atomic mass is 31.2. The van der Waals surface area contributed by atoms with Crippen LogP contribution in [0.2, 0.25) is 0 Å². The zero-order chi connectivity index (χ0) is 35.2. The lowest BCUT2D eigenvalue weighted by Crippen LogP contribution is -2.30. The molecular formula is C33H39N4O10P. The zero-order valence-electron chi connectivity index (χ0n) is 27.6. The maximum absolute atomic E-state index is 13.9. The van der Waals surface area contributed by atoms with Gasteiger partial charge in [0.05, 0.1) is 40.4 Å². The molecule has 1 aliphatic heterocycles. The molecule has 0 bridgehead atoms. The lowest BCUT2D eigenvalue weighted by molar-refractivity contribution is -0.383. The van der Waals surface area contributed by atoms with E-state index in [1.54, 1.807) is 71.9 Å². The number of hydrogen-bond donors (Lipinski definition) is 3. The number of nitrogens with two attached hydrogens (primary N) is 1. The smallest absolute Gasteiger partial charge is 0.475 e. The highest BCUT2D eigenvalue weighted by Gasteiger charge is 2.38. The average molecular weight is 683 g/mol. The average Bonchev–Trinajstić information content (AvgIpc) is 3.57. The number of aliphatic hydroxyl groups excluding tert-OH is 1. The molecule has 0 fully saturated rings. The second-order valence-electron chi connectivity index (χ2n) is 13.5. The van der Waals surface area contributed by atoms with Crippen LogP contribution in [0.1, 0.15) is 73.9 Å². The Morgan fingerprint density at radius 1 is 1.02 bits per heavy atom. The minimum atomic E-state index is -3.90. The van der Waals surface area contributed by atoms with Crippen LogP contribution in [-0.2, 0) is 18.1 Å². The van der Waals surface area contributed by atoms with Gasteiger partial charge in [0.2, 0.25) is 5.91 Å². The molecule has 0 radical (unpaired) electrons. The van der Waals surface area contributed by atoms with E-state index >= 15 is 0 Å². The molecule has 0 spiro atoms. The number of amides is 2. The summed E-state index contributed by atoms with van der Waals surface area (Å²) in [6.45, 7) is 10.2. The molecule has 1 aliphatic rings. The van der Waals surface area contributed by atoms with E-state index in [0.717, 1.165) is 0 Å². The number of nitrogens with one attached hydrogen (secondary N) is 1. The molecule has 4 aromatic rings. The number of ether oxygens (including phenoxy) is 1. The van der Waals surface area contributed by atoms with Crippen LogP contribution in [0.4, 0.5) is 11.4 Å². The molecule has 256 valence electrons. The van der Waals surface area contributed by atoms with Crippen molar-refractivity contribution < 1.29 is 42.5 Å². The topological polar surface area (TPSA) is 197 Å². The van der Waals surface area contributed by atoms with Gasteiger partial charge in [0.25, 0.3) is 11.6 Å². The first-order valence-electron chi connectivity index (χ1n) is 15.3. The molecule has 4 N–H and O–H groups in total. The predicted octanol–water partition coefficient (Wildman–Crippen LogP) is 6.20. The SMILES string of the molecule is CC(C)(C)OP(=O)(OCCOc1ccc2[nH]c(C(=O)N3CC(CO)c4c3cc([N+](=O)[O-])c3cc(C(N)=O)ccc43)cc2c1)OC(C)(C)C. The Kier molecular flexibility index (Phi) is 9.43. The Morgan fingerprint density at radius 2 is 1.71 bits per heavy atom. The molecule has 0 aliphatic carbocycles. The molecule has 48 heavy (non-hydrogen) atoms. The molecule has 0 saturated heterocycles. The third-order valence-corrected chi connectivity index (χ3v) is 9.42. The van der Waals surface area contributed by atoms with Crippen molar-refractivity contribution in [1.82, 2.24) is 4.98 Å². The fourth-order valence-corrected chi connectivity index (χ4v) is 7.42. The van der Waals surface area contributed by atoms with Crippen molar-refractivity contribution >= 4 is 52.7 Å². The number of phosphoric acid groups is 1. The molecule has 1 unspecified atom stereocenters. The number of primary amides is 1. The van der Waals surface area contributed by atoms with Gasteiger partial charge in [-0.05, 0) is 88.9 Å². The van der Waals surface area contributed by atoms with Gasteiger partial charge in [0, 0.05) is 35.0 Å². The van der Waals surface area contributed by atoms with Crippen LogP contribution in [0, 0.1) is 10.1 Å². The van der Waals surface area contributed by atoms with Crippen LogP contribution in [0.25, 0.3) is 21.7 Å². The monoisotopic (exact) mass is 682 g/mol. The van der Waals surface area contributed by atoms with Crippen molar-refractivity contribution in [2.45, 2.75) is 58.7 Å². The number of aromatic amines is 1. The Labute approximate surface area is 276 Å². The van der Waals surface area contributed by atoms with Gasteiger partial charge in [-0.25, -0.2) is 4.57 Å². The first kappa shape index (κ1) is 35.0. The molecule has 1 aromatic heterocycles. The highest BCUT2D eigenvalue weighted by Crippen LogP contribution is 2.55. The maximum Gasteiger partial charge on any atom is 0.475 e. The van der Waals surface area contributed by atoms with E-state index in [0.29, 0.717) is 33.3 Å². The van der Waals surface area contributed by atoms with Gasteiger partial charge in [-0.2, -0.15) is 0 Å². The van der Waals surface area contributed by atoms with E-state index in [1.807, 2.05) is 0 Å². The summed E-state index contributed by atoms with van der Waals surface area (Å²) in [5.74, 6) is -1.23. The lowest BCUT2D eigenvalue weighted by Gasteiger charge is -2.30. The molecule has 5 rings (SSSR count). The van der Waals surface area contributed by atoms with Crippen molar-refractivity contribution in [1.29, 1.82) is 0 Å². The third-order valence-electron chi connectivity index (χ3n) is 7.38. The number of H-pyrrole nitrogens is 1. The van der Waals surface area contributed by atoms with Crippen molar-refractivity contribution in [2.24, 2.45) is 5.73 Å². The summed E-state index contributed by atoms with van der Waals surface area (Å²) in [5, 5.41) is 23.6. The number of aliphatic hydroxyl groups is 1. The van der Waals surface area contributed by atoms with Crippen LogP contribution in [0.5, 0.6) is 5.75 Å². The number of carbonyl (C=O) groups excluding carboxylic acids is 2. The van der Waals surface area contributed by atoms with Crippen LogP contribution in [0.15, 0.2) is 48.5 Å². The standard InChI is InChI=1S/C33H39N4O10P/c1-32(2,3)46-48(43,47-33(4,5)6)45-12-11-44-22-8-10-25-20(13-22)15-26(35-25)31(40)36-17-21(18-38)29-23-9-7-19(30(34)39)14-24(23)27(37(41)42)16-28(29)36/h7-10,13-16,21,35,38H,11-12,17-18H2,1-6H3,(H2,34,39). The van der Waals surface area contributed by atoms with Gasteiger partial charge in [-0.1, -0.05) is 6.07 Å². The van der Waals surface area contributed by atoms with Crippen LogP contribution < -0.4 is 15.4 Å². The van der Waals surface area contributed by atoms with E-state index < -0.39 is 41.7 Å². The lowest BCUT2D eigenvalue weighted by atomic mass is 9.93. The zero-order valence-corrected chi connectivity index (χ0v) is 28.5. The van der Waals surface area contributed by atoms with E-state index in [1.165, 1.54) is 23.1 Å². The van der Waals surface area contributed by atoms with Crippen LogP contribution >= 0.6 is 7.82 Å². The molecule has 1 atom stereocenters. The predicted molar refractivity (Wildman–Crippen MR) is 180 cm³/mol. The second-order valence-corrected chi connectivity index (χ2v) is 15.0. The number of rotatable bonds is 11. The third kappa shape index (κ3) is 7.53. The number of carbonyl (C=O) groups is 2. The van der Waals surface area contributed by atoms with Crippen molar-refractivity contribution in [3.8, 4) is 5.75 Å². The van der Waals surface area contributed by atoms with Crippen LogP contribution in [0.3, 0.4) is 0 Å². The minimum absolute atomic E-state index is 0.0352. The first-order chi connectivity index (χ1) is 22.4. The fraction of sp³-hybridized carbons (Fsp3) is 0.394. The number of nitrogens with zero attached hydrogens (tertiary/aromatic N) is 2.